The van der Waals surface area contributed by atoms with E-state index in [2.05, 4.69) is 22.8 Å². The molecule has 0 aliphatic heterocycles. The Morgan fingerprint density at radius 1 is 1.00 bits per heavy atom. The standard InChI is InChI=1S/C24H24N2O2S2/c1-18-9-11-20(12-10-18)23(27)26-22(16-21-8-5-14-30-21)24(28)25-13-15-29-17-19-6-3-2-4-7-19/h2-12,14,16H,13,15,17H2,1H3,(H,25,28)(H,26,27)/b22-16-. The summed E-state index contributed by atoms with van der Waals surface area (Å²) in [7, 11) is 0. The molecular formula is C24H24N2O2S2. The first-order chi connectivity index (χ1) is 14.6. The van der Waals surface area contributed by atoms with Gasteiger partial charge in [0.2, 0.25) is 0 Å². The van der Waals surface area contributed by atoms with Crippen molar-refractivity contribution >= 4 is 41.0 Å². The maximum Gasteiger partial charge on any atom is 0.267 e. The molecule has 0 saturated carbocycles. The fraction of sp³-hybridized carbons (Fsp3) is 0.167. The second kappa shape index (κ2) is 11.4. The summed E-state index contributed by atoms with van der Waals surface area (Å²) < 4.78 is 0. The maximum absolute atomic E-state index is 12.7. The molecule has 1 heterocycles. The van der Waals surface area contributed by atoms with Gasteiger partial charge in [-0.25, -0.2) is 0 Å². The van der Waals surface area contributed by atoms with E-state index in [0.717, 1.165) is 21.9 Å². The molecule has 0 unspecified atom stereocenters. The summed E-state index contributed by atoms with van der Waals surface area (Å²) in [5.41, 5.74) is 3.10. The molecule has 1 aromatic heterocycles. The minimum absolute atomic E-state index is 0.246. The smallest absolute Gasteiger partial charge is 0.267 e. The molecule has 2 aromatic carbocycles. The molecule has 0 fully saturated rings. The van der Waals surface area contributed by atoms with E-state index < -0.39 is 0 Å². The molecule has 3 rings (SSSR count). The van der Waals surface area contributed by atoms with Crippen LogP contribution in [-0.2, 0) is 10.5 Å². The summed E-state index contributed by atoms with van der Waals surface area (Å²) in [5.74, 6) is 1.10. The average molecular weight is 437 g/mol. The van der Waals surface area contributed by atoms with Gasteiger partial charge in [0.05, 0.1) is 0 Å². The third-order valence-electron chi connectivity index (χ3n) is 4.28. The second-order valence-electron chi connectivity index (χ2n) is 6.69. The van der Waals surface area contributed by atoms with Crippen molar-refractivity contribution in [1.29, 1.82) is 0 Å². The number of carbonyl (C=O) groups excluding carboxylic acids is 2. The van der Waals surface area contributed by atoms with Crippen molar-refractivity contribution in [2.75, 3.05) is 12.3 Å². The van der Waals surface area contributed by atoms with Crippen molar-refractivity contribution in [1.82, 2.24) is 10.6 Å². The lowest BCUT2D eigenvalue weighted by molar-refractivity contribution is -0.117. The van der Waals surface area contributed by atoms with E-state index in [-0.39, 0.29) is 17.5 Å². The Labute approximate surface area is 185 Å². The first-order valence-electron chi connectivity index (χ1n) is 9.65. The number of benzene rings is 2. The van der Waals surface area contributed by atoms with Gasteiger partial charge in [0, 0.05) is 28.5 Å². The van der Waals surface area contributed by atoms with E-state index in [9.17, 15) is 9.59 Å². The third-order valence-corrected chi connectivity index (χ3v) is 6.13. The van der Waals surface area contributed by atoms with Crippen LogP contribution in [0, 0.1) is 6.92 Å². The molecule has 30 heavy (non-hydrogen) atoms. The van der Waals surface area contributed by atoms with Crippen molar-refractivity contribution in [3.8, 4) is 0 Å². The second-order valence-corrected chi connectivity index (χ2v) is 8.77. The summed E-state index contributed by atoms with van der Waals surface area (Å²) in [6.45, 7) is 2.49. The molecule has 0 atom stereocenters. The molecule has 0 bridgehead atoms. The van der Waals surface area contributed by atoms with Gasteiger partial charge in [0.1, 0.15) is 5.70 Å². The van der Waals surface area contributed by atoms with E-state index in [0.29, 0.717) is 12.1 Å². The van der Waals surface area contributed by atoms with E-state index >= 15 is 0 Å². The van der Waals surface area contributed by atoms with Crippen LogP contribution in [0.2, 0.25) is 0 Å². The number of thioether (sulfide) groups is 1. The van der Waals surface area contributed by atoms with Crippen LogP contribution in [0.5, 0.6) is 0 Å². The first-order valence-corrected chi connectivity index (χ1v) is 11.7. The van der Waals surface area contributed by atoms with Crippen LogP contribution in [0.3, 0.4) is 0 Å². The minimum atomic E-state index is -0.300. The third kappa shape index (κ3) is 6.90. The van der Waals surface area contributed by atoms with E-state index in [4.69, 9.17) is 0 Å². The minimum Gasteiger partial charge on any atom is -0.350 e. The lowest BCUT2D eigenvalue weighted by Gasteiger charge is -2.11. The number of carbonyl (C=O) groups is 2. The van der Waals surface area contributed by atoms with Gasteiger partial charge >= 0.3 is 0 Å². The summed E-state index contributed by atoms with van der Waals surface area (Å²) in [6.07, 6.45) is 1.71. The van der Waals surface area contributed by atoms with Gasteiger partial charge in [-0.15, -0.1) is 11.3 Å². The van der Waals surface area contributed by atoms with Crippen molar-refractivity contribution in [3.05, 3.63) is 99.4 Å². The van der Waals surface area contributed by atoms with Crippen LogP contribution in [0.15, 0.2) is 77.8 Å². The van der Waals surface area contributed by atoms with Crippen molar-refractivity contribution in [2.24, 2.45) is 0 Å². The first kappa shape index (κ1) is 21.9. The van der Waals surface area contributed by atoms with Crippen LogP contribution in [0.25, 0.3) is 6.08 Å². The molecule has 0 saturated heterocycles. The number of nitrogens with one attached hydrogen (secondary N) is 2. The molecule has 0 radical (unpaired) electrons. The quantitative estimate of drug-likeness (QED) is 0.371. The molecule has 0 aliphatic carbocycles. The Balaban J connectivity index is 1.57. The van der Waals surface area contributed by atoms with Crippen molar-refractivity contribution in [3.63, 3.8) is 0 Å². The topological polar surface area (TPSA) is 58.2 Å². The highest BCUT2D eigenvalue weighted by atomic mass is 32.2. The molecule has 2 amide bonds. The summed E-state index contributed by atoms with van der Waals surface area (Å²) in [5, 5.41) is 7.61. The Bertz CT molecular complexity index is 982. The molecule has 0 spiro atoms. The van der Waals surface area contributed by atoms with Gasteiger partial charge in [-0.3, -0.25) is 9.59 Å². The predicted molar refractivity (Wildman–Crippen MR) is 127 cm³/mol. The molecule has 154 valence electrons. The van der Waals surface area contributed by atoms with Gasteiger partial charge in [-0.05, 0) is 42.1 Å². The zero-order valence-electron chi connectivity index (χ0n) is 16.8. The van der Waals surface area contributed by atoms with Gasteiger partial charge in [-0.1, -0.05) is 54.1 Å². The largest absolute Gasteiger partial charge is 0.350 e. The summed E-state index contributed by atoms with van der Waals surface area (Å²) >= 11 is 3.27. The number of aryl methyl sites for hydroxylation is 1. The van der Waals surface area contributed by atoms with Crippen molar-refractivity contribution < 1.29 is 9.59 Å². The van der Waals surface area contributed by atoms with Gasteiger partial charge < -0.3 is 10.6 Å². The normalized spacial score (nSPS) is 11.2. The highest BCUT2D eigenvalue weighted by Gasteiger charge is 2.14. The number of hydrogen-bond acceptors (Lipinski definition) is 4. The Morgan fingerprint density at radius 2 is 1.77 bits per heavy atom. The lowest BCUT2D eigenvalue weighted by atomic mass is 10.1. The fourth-order valence-electron chi connectivity index (χ4n) is 2.67. The fourth-order valence-corrected chi connectivity index (χ4v) is 4.15. The number of hydrogen-bond donors (Lipinski definition) is 2. The van der Waals surface area contributed by atoms with E-state index in [1.54, 1.807) is 30.0 Å². The average Bonchev–Trinajstić information content (AvgIpc) is 3.27. The van der Waals surface area contributed by atoms with Crippen LogP contribution >= 0.6 is 23.1 Å². The van der Waals surface area contributed by atoms with Crippen LogP contribution in [0.1, 0.15) is 26.4 Å². The van der Waals surface area contributed by atoms with Crippen LogP contribution in [0.4, 0.5) is 0 Å². The maximum atomic E-state index is 12.7. The SMILES string of the molecule is Cc1ccc(C(=O)N/C(=C\c2cccs2)C(=O)NCCSCc2ccccc2)cc1. The van der Waals surface area contributed by atoms with Crippen LogP contribution in [-0.4, -0.2) is 24.1 Å². The Kier molecular flexibility index (Phi) is 8.30. The lowest BCUT2D eigenvalue weighted by Crippen LogP contribution is -2.35. The zero-order chi connectivity index (χ0) is 21.2. The predicted octanol–water partition coefficient (Wildman–Crippen LogP) is 4.88. The van der Waals surface area contributed by atoms with Crippen LogP contribution < -0.4 is 10.6 Å². The number of thiophene rings is 1. The Hall–Kier alpha value is -2.83. The molecule has 6 heteroatoms. The number of amides is 2. The molecule has 0 aliphatic rings. The number of rotatable bonds is 9. The summed E-state index contributed by atoms with van der Waals surface area (Å²) in [4.78, 5) is 26.2. The zero-order valence-corrected chi connectivity index (χ0v) is 18.4. The van der Waals surface area contributed by atoms with E-state index in [1.165, 1.54) is 16.9 Å². The van der Waals surface area contributed by atoms with Gasteiger partial charge in [0.15, 0.2) is 0 Å². The van der Waals surface area contributed by atoms with Gasteiger partial charge in [-0.2, -0.15) is 11.8 Å². The molecule has 4 nitrogen and oxygen atoms in total. The molecule has 3 aromatic rings. The summed E-state index contributed by atoms with van der Waals surface area (Å²) in [6, 6.07) is 21.3. The monoisotopic (exact) mass is 436 g/mol. The highest BCUT2D eigenvalue weighted by molar-refractivity contribution is 7.98. The molecular weight excluding hydrogens is 412 g/mol. The van der Waals surface area contributed by atoms with Gasteiger partial charge in [0.25, 0.3) is 11.8 Å². The van der Waals surface area contributed by atoms with E-state index in [1.807, 2.05) is 54.8 Å². The van der Waals surface area contributed by atoms with Crippen molar-refractivity contribution in [2.45, 2.75) is 12.7 Å². The Morgan fingerprint density at radius 3 is 2.47 bits per heavy atom. The highest BCUT2D eigenvalue weighted by Crippen LogP contribution is 2.14. The molecule has 2 N–H and O–H groups in total.